The molecule has 3 nitrogen and oxygen atoms in total. The molecule has 1 aliphatic heterocycles. The van der Waals surface area contributed by atoms with Gasteiger partial charge in [-0.2, -0.15) is 0 Å². The number of piperidine rings is 1. The lowest BCUT2D eigenvalue weighted by molar-refractivity contribution is 0.0367. The third kappa shape index (κ3) is 3.43. The van der Waals surface area contributed by atoms with E-state index < -0.39 is 0 Å². The van der Waals surface area contributed by atoms with Gasteiger partial charge in [-0.15, -0.1) is 0 Å². The Morgan fingerprint density at radius 2 is 2.00 bits per heavy atom. The standard InChI is InChI=1S/C14H28N2O/c1-17-13(11-15)8-10-16-9-4-6-12-5-2-3-7-14(12)16/h12-14H,2-11,15H2,1H3/t12-,13?,14-/m1/s1. The first kappa shape index (κ1) is 13.3. The zero-order chi connectivity index (χ0) is 12.1. The molecule has 100 valence electrons. The highest BCUT2D eigenvalue weighted by Crippen LogP contribution is 2.35. The first-order valence-corrected chi connectivity index (χ1v) is 7.32. The van der Waals surface area contributed by atoms with Crippen LogP contribution in [0.25, 0.3) is 0 Å². The summed E-state index contributed by atoms with van der Waals surface area (Å²) in [5, 5.41) is 0. The van der Waals surface area contributed by atoms with Crippen molar-refractivity contribution < 1.29 is 4.74 Å². The van der Waals surface area contributed by atoms with Gasteiger partial charge < -0.3 is 15.4 Å². The number of hydrogen-bond acceptors (Lipinski definition) is 3. The topological polar surface area (TPSA) is 38.5 Å². The van der Waals surface area contributed by atoms with Crippen molar-refractivity contribution in [3.8, 4) is 0 Å². The van der Waals surface area contributed by atoms with Gasteiger partial charge in [0.15, 0.2) is 0 Å². The fraction of sp³-hybridized carbons (Fsp3) is 1.00. The number of nitrogens with zero attached hydrogens (tertiary/aromatic N) is 1. The molecule has 1 unspecified atom stereocenters. The number of nitrogens with two attached hydrogens (primary N) is 1. The fourth-order valence-corrected chi connectivity index (χ4v) is 3.65. The van der Waals surface area contributed by atoms with Gasteiger partial charge >= 0.3 is 0 Å². The maximum atomic E-state index is 5.69. The van der Waals surface area contributed by atoms with Crippen LogP contribution in [0.3, 0.4) is 0 Å². The molecule has 2 N–H and O–H groups in total. The zero-order valence-electron chi connectivity index (χ0n) is 11.2. The van der Waals surface area contributed by atoms with Crippen molar-refractivity contribution in [2.75, 3.05) is 26.7 Å². The summed E-state index contributed by atoms with van der Waals surface area (Å²) in [6, 6.07) is 0.868. The van der Waals surface area contributed by atoms with E-state index in [2.05, 4.69) is 4.90 Å². The van der Waals surface area contributed by atoms with Crippen molar-refractivity contribution in [1.29, 1.82) is 0 Å². The minimum atomic E-state index is 0.249. The van der Waals surface area contributed by atoms with Gasteiger partial charge in [-0.25, -0.2) is 0 Å². The average Bonchev–Trinajstić information content (AvgIpc) is 2.40. The molecule has 2 fully saturated rings. The Morgan fingerprint density at radius 1 is 1.24 bits per heavy atom. The van der Waals surface area contributed by atoms with Crippen molar-refractivity contribution in [2.24, 2.45) is 11.7 Å². The van der Waals surface area contributed by atoms with Gasteiger partial charge in [0.25, 0.3) is 0 Å². The van der Waals surface area contributed by atoms with Crippen LogP contribution >= 0.6 is 0 Å². The Balaban J connectivity index is 1.82. The van der Waals surface area contributed by atoms with Gasteiger partial charge in [-0.1, -0.05) is 12.8 Å². The number of ether oxygens (including phenoxy) is 1. The Kier molecular flexibility index (Phi) is 5.26. The third-order valence-corrected chi connectivity index (χ3v) is 4.69. The van der Waals surface area contributed by atoms with Gasteiger partial charge in [0.2, 0.25) is 0 Å². The van der Waals surface area contributed by atoms with E-state index in [0.29, 0.717) is 6.54 Å². The molecule has 0 aromatic rings. The summed E-state index contributed by atoms with van der Waals surface area (Å²) in [7, 11) is 1.77. The summed E-state index contributed by atoms with van der Waals surface area (Å²) in [6.07, 6.45) is 9.97. The molecular weight excluding hydrogens is 212 g/mol. The monoisotopic (exact) mass is 240 g/mol. The van der Waals surface area contributed by atoms with Crippen LogP contribution in [0.15, 0.2) is 0 Å². The number of rotatable bonds is 5. The van der Waals surface area contributed by atoms with Crippen LogP contribution in [0.2, 0.25) is 0 Å². The first-order chi connectivity index (χ1) is 8.35. The molecule has 1 aliphatic carbocycles. The van der Waals surface area contributed by atoms with Crippen molar-refractivity contribution >= 4 is 0 Å². The van der Waals surface area contributed by atoms with E-state index in [-0.39, 0.29) is 6.10 Å². The maximum absolute atomic E-state index is 5.69. The van der Waals surface area contributed by atoms with Crippen molar-refractivity contribution in [1.82, 2.24) is 4.90 Å². The Hall–Kier alpha value is -0.120. The van der Waals surface area contributed by atoms with Gasteiger partial charge in [0, 0.05) is 26.2 Å². The lowest BCUT2D eigenvalue weighted by Crippen LogP contribution is -2.47. The molecule has 0 radical (unpaired) electrons. The van der Waals surface area contributed by atoms with Gasteiger partial charge in [-0.05, 0) is 44.6 Å². The summed E-state index contributed by atoms with van der Waals surface area (Å²) in [5.41, 5.74) is 5.69. The SMILES string of the molecule is COC(CN)CCN1CCC[C@H]2CCCC[C@H]21. The van der Waals surface area contributed by atoms with Crippen molar-refractivity contribution in [3.63, 3.8) is 0 Å². The second-order valence-corrected chi connectivity index (χ2v) is 5.67. The third-order valence-electron chi connectivity index (χ3n) is 4.69. The fourth-order valence-electron chi connectivity index (χ4n) is 3.65. The molecule has 3 heteroatoms. The lowest BCUT2D eigenvalue weighted by atomic mass is 9.78. The van der Waals surface area contributed by atoms with Gasteiger partial charge in [-0.3, -0.25) is 0 Å². The van der Waals surface area contributed by atoms with E-state index >= 15 is 0 Å². The predicted octanol–water partition coefficient (Wildman–Crippen LogP) is 2.00. The second kappa shape index (κ2) is 6.72. The molecule has 1 saturated carbocycles. The van der Waals surface area contributed by atoms with Gasteiger partial charge in [0.1, 0.15) is 0 Å². The van der Waals surface area contributed by atoms with E-state index in [1.54, 1.807) is 7.11 Å². The highest BCUT2D eigenvalue weighted by Gasteiger charge is 2.32. The number of hydrogen-bond donors (Lipinski definition) is 1. The summed E-state index contributed by atoms with van der Waals surface area (Å²) in [5.74, 6) is 0.983. The molecule has 1 saturated heterocycles. The molecule has 0 aromatic heterocycles. The average molecular weight is 240 g/mol. The molecule has 3 atom stereocenters. The maximum Gasteiger partial charge on any atom is 0.0705 e. The lowest BCUT2D eigenvalue weighted by Gasteiger charge is -2.44. The first-order valence-electron chi connectivity index (χ1n) is 7.32. The second-order valence-electron chi connectivity index (χ2n) is 5.67. The predicted molar refractivity (Wildman–Crippen MR) is 71.0 cm³/mol. The van der Waals surface area contributed by atoms with Crippen LogP contribution in [0.1, 0.15) is 44.9 Å². The summed E-state index contributed by atoms with van der Waals surface area (Å²) >= 11 is 0. The molecule has 2 aliphatic rings. The van der Waals surface area contributed by atoms with Crippen LogP contribution in [0, 0.1) is 5.92 Å². The number of methoxy groups -OCH3 is 1. The van der Waals surface area contributed by atoms with E-state index in [4.69, 9.17) is 10.5 Å². The molecule has 1 heterocycles. The van der Waals surface area contributed by atoms with Crippen LogP contribution < -0.4 is 5.73 Å². The molecule has 0 amide bonds. The van der Waals surface area contributed by atoms with Crippen LogP contribution in [0.4, 0.5) is 0 Å². The summed E-state index contributed by atoms with van der Waals surface area (Å²) in [4.78, 5) is 2.72. The quantitative estimate of drug-likeness (QED) is 0.799. The van der Waals surface area contributed by atoms with Crippen molar-refractivity contribution in [3.05, 3.63) is 0 Å². The Labute approximate surface area is 106 Å². The molecule has 0 bridgehead atoms. The molecule has 17 heavy (non-hydrogen) atoms. The van der Waals surface area contributed by atoms with Crippen LogP contribution in [-0.4, -0.2) is 43.8 Å². The molecule has 0 aromatic carbocycles. The number of fused-ring (bicyclic) bond motifs is 1. The molecule has 0 spiro atoms. The minimum Gasteiger partial charge on any atom is -0.380 e. The Bertz CT molecular complexity index is 216. The van der Waals surface area contributed by atoms with E-state index in [1.165, 1.54) is 51.6 Å². The highest BCUT2D eigenvalue weighted by molar-refractivity contribution is 4.87. The van der Waals surface area contributed by atoms with E-state index in [9.17, 15) is 0 Å². The molecular formula is C14H28N2O. The van der Waals surface area contributed by atoms with Crippen molar-refractivity contribution in [2.45, 2.75) is 57.1 Å². The Morgan fingerprint density at radius 3 is 2.76 bits per heavy atom. The smallest absolute Gasteiger partial charge is 0.0705 e. The van der Waals surface area contributed by atoms with E-state index in [1.807, 2.05) is 0 Å². The van der Waals surface area contributed by atoms with Crippen LogP contribution in [0.5, 0.6) is 0 Å². The largest absolute Gasteiger partial charge is 0.380 e. The number of likely N-dealkylation sites (tertiary alicyclic amines) is 1. The van der Waals surface area contributed by atoms with E-state index in [0.717, 1.165) is 18.4 Å². The summed E-state index contributed by atoms with van der Waals surface area (Å²) < 4.78 is 5.37. The highest BCUT2D eigenvalue weighted by atomic mass is 16.5. The van der Waals surface area contributed by atoms with Gasteiger partial charge in [0.05, 0.1) is 6.10 Å². The minimum absolute atomic E-state index is 0.249. The zero-order valence-corrected chi connectivity index (χ0v) is 11.2. The molecule has 2 rings (SSSR count). The summed E-state index contributed by atoms with van der Waals surface area (Å²) in [6.45, 7) is 3.12. The van der Waals surface area contributed by atoms with Crippen LogP contribution in [-0.2, 0) is 4.74 Å². The normalized spacial score (nSPS) is 32.1.